The Hall–Kier alpha value is -4.91. The molecule has 6 aromatic rings. The van der Waals surface area contributed by atoms with Crippen LogP contribution in [0.3, 0.4) is 0 Å². The molecule has 1 aliphatic rings. The molecule has 2 atom stereocenters. The van der Waals surface area contributed by atoms with Gasteiger partial charge in [-0.15, -0.1) is 0 Å². The molecule has 2 heterocycles. The zero-order valence-electron chi connectivity index (χ0n) is 24.4. The van der Waals surface area contributed by atoms with Gasteiger partial charge in [0.05, 0.1) is 37.3 Å². The molecule has 1 aromatic heterocycles. The molecule has 0 bridgehead atoms. The first-order valence-corrected chi connectivity index (χ1v) is 15.0. The van der Waals surface area contributed by atoms with Crippen LogP contribution in [-0.4, -0.2) is 30.4 Å². The largest absolute Gasteiger partial charge is 0.483 e. The van der Waals surface area contributed by atoms with E-state index < -0.39 is 12.2 Å². The van der Waals surface area contributed by atoms with Crippen LogP contribution in [0.1, 0.15) is 16.7 Å². The van der Waals surface area contributed by atoms with Gasteiger partial charge in [-0.1, -0.05) is 109 Å². The van der Waals surface area contributed by atoms with Crippen LogP contribution < -0.4 is 14.8 Å². The average molecular weight is 583 g/mol. The highest BCUT2D eigenvalue weighted by Crippen LogP contribution is 2.42. The molecule has 5 aromatic carbocycles. The minimum absolute atomic E-state index is 0.333. The normalized spacial score (nSPS) is 15.8. The van der Waals surface area contributed by atoms with E-state index in [9.17, 15) is 0 Å². The maximum Gasteiger partial charge on any atom is 0.161 e. The molecule has 1 N–H and O–H groups in total. The second-order valence-corrected chi connectivity index (χ2v) is 10.9. The number of ether oxygens (including phenoxy) is 4. The first kappa shape index (κ1) is 27.9. The highest BCUT2D eigenvalue weighted by Gasteiger charge is 2.31. The van der Waals surface area contributed by atoms with Crippen molar-refractivity contribution in [3.8, 4) is 11.5 Å². The Morgan fingerprint density at radius 3 is 1.66 bits per heavy atom. The van der Waals surface area contributed by atoms with Crippen LogP contribution in [0.2, 0.25) is 0 Å². The van der Waals surface area contributed by atoms with E-state index in [1.165, 1.54) is 5.56 Å². The fraction of sp³-hybridized carbons (Fsp3) is 0.184. The van der Waals surface area contributed by atoms with Gasteiger partial charge < -0.3 is 24.3 Å². The summed E-state index contributed by atoms with van der Waals surface area (Å²) in [5.41, 5.74) is 4.23. The Bertz CT molecular complexity index is 1830. The van der Waals surface area contributed by atoms with E-state index >= 15 is 0 Å². The molecule has 1 aliphatic heterocycles. The van der Waals surface area contributed by atoms with Crippen molar-refractivity contribution in [2.45, 2.75) is 32.0 Å². The SMILES string of the molecule is c1ccc(CNc2nc3cccc4c3c3c(cccc23)O[C@H](COCc2ccccc2)[C@@H](COCc2ccccc2)O4)cc1. The highest BCUT2D eigenvalue weighted by atomic mass is 16.6. The third-order valence-corrected chi connectivity index (χ3v) is 7.83. The molecule has 7 rings (SSSR count). The van der Waals surface area contributed by atoms with E-state index in [0.29, 0.717) is 33.0 Å². The van der Waals surface area contributed by atoms with Crippen LogP contribution in [-0.2, 0) is 29.2 Å². The molecule has 220 valence electrons. The monoisotopic (exact) mass is 582 g/mol. The minimum atomic E-state index is -0.419. The van der Waals surface area contributed by atoms with E-state index in [0.717, 1.165) is 50.1 Å². The summed E-state index contributed by atoms with van der Waals surface area (Å²) in [5.74, 6) is 2.33. The molecule has 0 unspecified atom stereocenters. The van der Waals surface area contributed by atoms with Crippen LogP contribution in [0, 0.1) is 0 Å². The predicted molar refractivity (Wildman–Crippen MR) is 174 cm³/mol. The molecule has 6 heteroatoms. The molecular formula is C38H34N2O4. The summed E-state index contributed by atoms with van der Waals surface area (Å²) in [6, 6.07) is 42.8. The summed E-state index contributed by atoms with van der Waals surface area (Å²) in [4.78, 5) is 5.05. The maximum atomic E-state index is 6.82. The first-order chi connectivity index (χ1) is 21.8. The van der Waals surface area contributed by atoms with Gasteiger partial charge in [-0.2, -0.15) is 0 Å². The summed E-state index contributed by atoms with van der Waals surface area (Å²) in [6.45, 7) is 2.28. The summed E-state index contributed by atoms with van der Waals surface area (Å²) < 4.78 is 26.0. The van der Waals surface area contributed by atoms with Crippen molar-refractivity contribution in [3.05, 3.63) is 144 Å². The zero-order chi connectivity index (χ0) is 29.6. The Morgan fingerprint density at radius 2 is 1.07 bits per heavy atom. The molecule has 0 amide bonds. The van der Waals surface area contributed by atoms with Crippen LogP contribution in [0.5, 0.6) is 11.5 Å². The Kier molecular flexibility index (Phi) is 8.35. The van der Waals surface area contributed by atoms with Gasteiger partial charge in [0.25, 0.3) is 0 Å². The van der Waals surface area contributed by atoms with Crippen molar-refractivity contribution in [1.82, 2.24) is 4.98 Å². The molecular weight excluding hydrogens is 548 g/mol. The molecule has 0 radical (unpaired) electrons. The molecule has 0 fully saturated rings. The Morgan fingerprint density at radius 1 is 0.545 bits per heavy atom. The minimum Gasteiger partial charge on any atom is -0.483 e. The predicted octanol–water partition coefficient (Wildman–Crippen LogP) is 7.94. The smallest absolute Gasteiger partial charge is 0.161 e. The Labute approximate surface area is 257 Å². The van der Waals surface area contributed by atoms with Crippen LogP contribution in [0.25, 0.3) is 21.7 Å². The van der Waals surface area contributed by atoms with Gasteiger partial charge >= 0.3 is 0 Å². The number of anilines is 1. The lowest BCUT2D eigenvalue weighted by Crippen LogP contribution is -2.43. The maximum absolute atomic E-state index is 6.82. The third-order valence-electron chi connectivity index (χ3n) is 7.83. The molecule has 0 spiro atoms. The summed E-state index contributed by atoms with van der Waals surface area (Å²) >= 11 is 0. The van der Waals surface area contributed by atoms with Gasteiger partial charge in [0, 0.05) is 17.3 Å². The van der Waals surface area contributed by atoms with Crippen molar-refractivity contribution in [3.63, 3.8) is 0 Å². The summed E-state index contributed by atoms with van der Waals surface area (Å²) in [5, 5.41) is 6.45. The second-order valence-electron chi connectivity index (χ2n) is 10.9. The molecule has 0 aliphatic carbocycles. The standard InChI is InChI=1S/C38H34N2O4/c1-4-12-27(13-5-1)22-39-38-30-18-10-20-32-36(30)37-31(40-38)19-11-21-33(37)44-35(26-42-24-29-16-8-3-9-17-29)34(43-32)25-41-23-28-14-6-2-7-15-28/h1-21,34-35H,22-26H2,(H,39,40)/t34-,35-/m1/s1. The molecule has 0 saturated carbocycles. The number of hydrogen-bond donors (Lipinski definition) is 1. The van der Waals surface area contributed by atoms with Gasteiger partial charge in [-0.3, -0.25) is 0 Å². The fourth-order valence-corrected chi connectivity index (χ4v) is 5.64. The van der Waals surface area contributed by atoms with Gasteiger partial charge in [0.1, 0.15) is 17.3 Å². The number of nitrogens with zero attached hydrogens (tertiary/aromatic N) is 1. The summed E-state index contributed by atoms with van der Waals surface area (Å²) in [7, 11) is 0. The van der Waals surface area contributed by atoms with Crippen molar-refractivity contribution < 1.29 is 18.9 Å². The van der Waals surface area contributed by atoms with Crippen LogP contribution in [0.15, 0.2) is 127 Å². The van der Waals surface area contributed by atoms with Gasteiger partial charge in [-0.05, 0) is 34.9 Å². The molecule has 6 nitrogen and oxygen atoms in total. The number of rotatable bonds is 11. The van der Waals surface area contributed by atoms with E-state index in [-0.39, 0.29) is 0 Å². The second kappa shape index (κ2) is 13.2. The quantitative estimate of drug-likeness (QED) is 0.157. The lowest BCUT2D eigenvalue weighted by Gasteiger charge is -2.31. The Balaban J connectivity index is 1.23. The van der Waals surface area contributed by atoms with Crippen molar-refractivity contribution in [2.75, 3.05) is 18.5 Å². The topological polar surface area (TPSA) is 61.8 Å². The number of aromatic nitrogens is 1. The zero-order valence-corrected chi connectivity index (χ0v) is 24.4. The van der Waals surface area contributed by atoms with Crippen molar-refractivity contribution in [2.24, 2.45) is 0 Å². The first-order valence-electron chi connectivity index (χ1n) is 15.0. The fourth-order valence-electron chi connectivity index (χ4n) is 5.64. The van der Waals surface area contributed by atoms with E-state index in [4.69, 9.17) is 23.9 Å². The number of hydrogen-bond acceptors (Lipinski definition) is 6. The lowest BCUT2D eigenvalue weighted by molar-refractivity contribution is -0.0541. The van der Waals surface area contributed by atoms with Gasteiger partial charge in [-0.25, -0.2) is 4.98 Å². The average Bonchev–Trinajstić information content (AvgIpc) is 3.07. The molecule has 0 saturated heterocycles. The van der Waals surface area contributed by atoms with Crippen molar-refractivity contribution >= 4 is 27.5 Å². The lowest BCUT2D eigenvalue weighted by atomic mass is 10.0. The van der Waals surface area contributed by atoms with Crippen LogP contribution >= 0.6 is 0 Å². The van der Waals surface area contributed by atoms with E-state index in [1.54, 1.807) is 0 Å². The third kappa shape index (κ3) is 6.23. The van der Waals surface area contributed by atoms with E-state index in [1.807, 2.05) is 84.9 Å². The number of pyridine rings is 1. The van der Waals surface area contributed by atoms with E-state index in [2.05, 4.69) is 47.8 Å². The van der Waals surface area contributed by atoms with Gasteiger partial charge in [0.2, 0.25) is 0 Å². The summed E-state index contributed by atoms with van der Waals surface area (Å²) in [6.07, 6.45) is -0.836. The van der Waals surface area contributed by atoms with Crippen LogP contribution in [0.4, 0.5) is 5.82 Å². The number of nitrogens with one attached hydrogen (secondary N) is 1. The highest BCUT2D eigenvalue weighted by molar-refractivity contribution is 6.15. The molecule has 44 heavy (non-hydrogen) atoms. The van der Waals surface area contributed by atoms with Gasteiger partial charge in [0.15, 0.2) is 12.2 Å². The number of benzene rings is 5. The van der Waals surface area contributed by atoms with Crippen molar-refractivity contribution in [1.29, 1.82) is 0 Å².